The van der Waals surface area contributed by atoms with Gasteiger partial charge in [-0.25, -0.2) is 0 Å². The van der Waals surface area contributed by atoms with E-state index < -0.39 is 11.9 Å². The van der Waals surface area contributed by atoms with Crippen LogP contribution in [0.15, 0.2) is 0 Å². The Balaban J connectivity index is 3.16. The minimum atomic E-state index is -0.492. The Morgan fingerprint density at radius 2 is 1.04 bits per heavy atom. The van der Waals surface area contributed by atoms with Crippen molar-refractivity contribution < 1.29 is 14.3 Å². The van der Waals surface area contributed by atoms with E-state index in [4.69, 9.17) is 0 Å². The first kappa shape index (κ1) is 24.1. The van der Waals surface area contributed by atoms with E-state index in [9.17, 15) is 9.59 Å². The topological polar surface area (TPSA) is 55.4 Å². The summed E-state index contributed by atoms with van der Waals surface area (Å²) in [5, 5.41) is 2.67. The standard InChI is InChI=1S/C21H41NO3/c1-3-4-5-6-7-8-9-10-11-12-13-14-15-16-17-18-20(23)25-21(24)19-22-2/h22H,3-19H2,1-2H3. The summed E-state index contributed by atoms with van der Waals surface area (Å²) in [6.45, 7) is 2.35. The van der Waals surface area contributed by atoms with E-state index in [-0.39, 0.29) is 6.54 Å². The molecule has 1 N–H and O–H groups in total. The molecule has 0 radical (unpaired) electrons. The molecular weight excluding hydrogens is 314 g/mol. The summed E-state index contributed by atoms with van der Waals surface area (Å²) in [6.07, 6.45) is 19.9. The van der Waals surface area contributed by atoms with E-state index in [0.717, 1.165) is 12.8 Å². The molecule has 0 aliphatic carbocycles. The lowest BCUT2D eigenvalue weighted by Crippen LogP contribution is -2.23. The molecule has 0 atom stereocenters. The molecule has 0 aromatic heterocycles. The fourth-order valence-electron chi connectivity index (χ4n) is 3.00. The molecule has 25 heavy (non-hydrogen) atoms. The molecule has 0 heterocycles. The molecule has 4 nitrogen and oxygen atoms in total. The first-order valence-corrected chi connectivity index (χ1v) is 10.6. The lowest BCUT2D eigenvalue weighted by molar-refractivity contribution is -0.158. The molecule has 0 unspecified atom stereocenters. The molecule has 0 bridgehead atoms. The van der Waals surface area contributed by atoms with Gasteiger partial charge in [-0.2, -0.15) is 0 Å². The van der Waals surface area contributed by atoms with Crippen molar-refractivity contribution in [1.82, 2.24) is 5.32 Å². The summed E-state index contributed by atoms with van der Waals surface area (Å²) >= 11 is 0. The van der Waals surface area contributed by atoms with Crippen LogP contribution in [0.3, 0.4) is 0 Å². The van der Waals surface area contributed by atoms with Gasteiger partial charge in [0.2, 0.25) is 0 Å². The predicted molar refractivity (Wildman–Crippen MR) is 105 cm³/mol. The van der Waals surface area contributed by atoms with Gasteiger partial charge >= 0.3 is 11.9 Å². The number of likely N-dealkylation sites (N-methyl/N-ethyl adjacent to an activating group) is 1. The van der Waals surface area contributed by atoms with Crippen molar-refractivity contribution in [3.8, 4) is 0 Å². The zero-order chi connectivity index (χ0) is 18.6. The highest BCUT2D eigenvalue weighted by atomic mass is 16.6. The fraction of sp³-hybridized carbons (Fsp3) is 0.905. The second-order valence-corrected chi connectivity index (χ2v) is 7.08. The summed E-state index contributed by atoms with van der Waals surface area (Å²) in [6, 6.07) is 0. The summed E-state index contributed by atoms with van der Waals surface area (Å²) in [7, 11) is 1.65. The molecule has 0 aliphatic rings. The molecule has 0 fully saturated rings. The van der Waals surface area contributed by atoms with Gasteiger partial charge in [-0.15, -0.1) is 0 Å². The Morgan fingerprint density at radius 1 is 0.640 bits per heavy atom. The van der Waals surface area contributed by atoms with Crippen LogP contribution in [0.2, 0.25) is 0 Å². The van der Waals surface area contributed by atoms with Crippen molar-refractivity contribution in [2.45, 2.75) is 110 Å². The molecule has 0 saturated heterocycles. The molecule has 0 amide bonds. The second kappa shape index (κ2) is 19.4. The molecule has 148 valence electrons. The van der Waals surface area contributed by atoms with E-state index in [2.05, 4.69) is 17.0 Å². The van der Waals surface area contributed by atoms with Crippen LogP contribution < -0.4 is 5.32 Å². The summed E-state index contributed by atoms with van der Waals surface area (Å²) in [4.78, 5) is 22.5. The maximum absolute atomic E-state index is 11.4. The summed E-state index contributed by atoms with van der Waals surface area (Å²) in [5.41, 5.74) is 0. The van der Waals surface area contributed by atoms with Gasteiger partial charge in [0.25, 0.3) is 0 Å². The van der Waals surface area contributed by atoms with Crippen LogP contribution in [0.1, 0.15) is 110 Å². The SMILES string of the molecule is CCCCCCCCCCCCCCCCCC(=O)OC(=O)CNC. The normalized spacial score (nSPS) is 10.8. The fourth-order valence-corrected chi connectivity index (χ4v) is 3.00. The number of carbonyl (C=O) groups is 2. The number of rotatable bonds is 18. The Bertz CT molecular complexity index is 318. The lowest BCUT2D eigenvalue weighted by atomic mass is 10.0. The van der Waals surface area contributed by atoms with Crippen LogP contribution in [-0.2, 0) is 14.3 Å². The minimum absolute atomic E-state index is 0.0879. The number of unbranched alkanes of at least 4 members (excludes halogenated alkanes) is 14. The third-order valence-corrected chi connectivity index (χ3v) is 4.53. The zero-order valence-corrected chi connectivity index (χ0v) is 16.7. The van der Waals surface area contributed by atoms with Crippen molar-refractivity contribution in [2.75, 3.05) is 13.6 Å². The molecule has 0 aromatic rings. The quantitative estimate of drug-likeness (QED) is 0.199. The number of nitrogens with one attached hydrogen (secondary N) is 1. The number of carbonyl (C=O) groups excluding carboxylic acids is 2. The van der Waals surface area contributed by atoms with Crippen LogP contribution >= 0.6 is 0 Å². The van der Waals surface area contributed by atoms with Crippen LogP contribution in [-0.4, -0.2) is 25.5 Å². The monoisotopic (exact) mass is 355 g/mol. The van der Waals surface area contributed by atoms with Gasteiger partial charge in [0, 0.05) is 6.42 Å². The molecular formula is C21H41NO3. The number of esters is 2. The minimum Gasteiger partial charge on any atom is -0.392 e. The Kier molecular flexibility index (Phi) is 18.7. The van der Waals surface area contributed by atoms with Gasteiger partial charge in [0.1, 0.15) is 0 Å². The van der Waals surface area contributed by atoms with Crippen molar-refractivity contribution >= 4 is 11.9 Å². The molecule has 0 spiro atoms. The molecule has 0 aliphatic heterocycles. The molecule has 0 rings (SSSR count). The van der Waals surface area contributed by atoms with E-state index >= 15 is 0 Å². The van der Waals surface area contributed by atoms with E-state index in [0.29, 0.717) is 6.42 Å². The van der Waals surface area contributed by atoms with Crippen molar-refractivity contribution in [3.63, 3.8) is 0 Å². The van der Waals surface area contributed by atoms with Gasteiger partial charge in [-0.05, 0) is 13.5 Å². The predicted octanol–water partition coefficient (Wildman–Crippen LogP) is 5.54. The van der Waals surface area contributed by atoms with E-state index in [1.165, 1.54) is 83.5 Å². The first-order valence-electron chi connectivity index (χ1n) is 10.6. The highest BCUT2D eigenvalue weighted by Gasteiger charge is 2.08. The van der Waals surface area contributed by atoms with Gasteiger partial charge < -0.3 is 10.1 Å². The Hall–Kier alpha value is -0.900. The number of hydrogen-bond acceptors (Lipinski definition) is 4. The third kappa shape index (κ3) is 19.3. The maximum atomic E-state index is 11.4. The average Bonchev–Trinajstić information content (AvgIpc) is 2.58. The largest absolute Gasteiger partial charge is 0.392 e. The van der Waals surface area contributed by atoms with Crippen LogP contribution in [0.5, 0.6) is 0 Å². The second-order valence-electron chi connectivity index (χ2n) is 7.08. The van der Waals surface area contributed by atoms with Crippen LogP contribution in [0.25, 0.3) is 0 Å². The molecule has 0 saturated carbocycles. The average molecular weight is 356 g/mol. The maximum Gasteiger partial charge on any atom is 0.327 e. The molecule has 4 heteroatoms. The molecule has 0 aromatic carbocycles. The van der Waals surface area contributed by atoms with Crippen molar-refractivity contribution in [1.29, 1.82) is 0 Å². The highest BCUT2D eigenvalue weighted by molar-refractivity contribution is 5.86. The highest BCUT2D eigenvalue weighted by Crippen LogP contribution is 2.13. The van der Waals surface area contributed by atoms with E-state index in [1.807, 2.05) is 0 Å². The van der Waals surface area contributed by atoms with Gasteiger partial charge in [0.05, 0.1) is 6.54 Å². The van der Waals surface area contributed by atoms with Crippen LogP contribution in [0.4, 0.5) is 0 Å². The Morgan fingerprint density at radius 3 is 1.44 bits per heavy atom. The summed E-state index contributed by atoms with van der Waals surface area (Å²) in [5.74, 6) is -0.886. The Labute approximate surface area is 155 Å². The lowest BCUT2D eigenvalue weighted by Gasteiger charge is -2.04. The first-order chi connectivity index (χ1) is 12.2. The van der Waals surface area contributed by atoms with Gasteiger partial charge in [-0.3, -0.25) is 9.59 Å². The zero-order valence-electron chi connectivity index (χ0n) is 16.7. The summed E-state index contributed by atoms with van der Waals surface area (Å²) < 4.78 is 4.67. The van der Waals surface area contributed by atoms with Crippen molar-refractivity contribution in [2.24, 2.45) is 0 Å². The number of ether oxygens (including phenoxy) is 1. The third-order valence-electron chi connectivity index (χ3n) is 4.53. The van der Waals surface area contributed by atoms with Gasteiger partial charge in [0.15, 0.2) is 0 Å². The van der Waals surface area contributed by atoms with Gasteiger partial charge in [-0.1, -0.05) is 96.8 Å². The van der Waals surface area contributed by atoms with Crippen LogP contribution in [0, 0.1) is 0 Å². The van der Waals surface area contributed by atoms with E-state index in [1.54, 1.807) is 7.05 Å². The number of hydrogen-bond donors (Lipinski definition) is 1. The van der Waals surface area contributed by atoms with Crippen molar-refractivity contribution in [3.05, 3.63) is 0 Å². The smallest absolute Gasteiger partial charge is 0.327 e.